The molecule has 0 aliphatic heterocycles. The lowest BCUT2D eigenvalue weighted by Crippen LogP contribution is -2.31. The lowest BCUT2D eigenvalue weighted by atomic mass is 10.1. The maximum Gasteiger partial charge on any atom is 0.312 e. The number of hydrogen-bond acceptors (Lipinski definition) is 5. The van der Waals surface area contributed by atoms with Crippen molar-refractivity contribution in [3.05, 3.63) is 65.9 Å². The molecule has 0 spiro atoms. The second kappa shape index (κ2) is 7.61. The van der Waals surface area contributed by atoms with Crippen molar-refractivity contribution in [2.24, 2.45) is 0 Å². The Morgan fingerprint density at radius 2 is 1.84 bits per heavy atom. The zero-order valence-corrected chi connectivity index (χ0v) is 13.8. The molecule has 6 heteroatoms. The summed E-state index contributed by atoms with van der Waals surface area (Å²) < 4.78 is 10.2. The van der Waals surface area contributed by atoms with Crippen LogP contribution in [0, 0.1) is 0 Å². The first-order chi connectivity index (χ1) is 12.1. The summed E-state index contributed by atoms with van der Waals surface area (Å²) in [5.74, 6) is -0.878. The molecule has 3 aromatic rings. The van der Waals surface area contributed by atoms with Gasteiger partial charge < -0.3 is 14.6 Å². The van der Waals surface area contributed by atoms with Crippen molar-refractivity contribution in [1.82, 2.24) is 10.5 Å². The monoisotopic (exact) mass is 338 g/mol. The Kier molecular flexibility index (Phi) is 5.09. The van der Waals surface area contributed by atoms with E-state index in [1.54, 1.807) is 6.07 Å². The highest BCUT2D eigenvalue weighted by Crippen LogP contribution is 2.18. The molecule has 0 bridgehead atoms. The van der Waals surface area contributed by atoms with Gasteiger partial charge in [0, 0.05) is 5.39 Å². The summed E-state index contributed by atoms with van der Waals surface area (Å²) >= 11 is 0. The van der Waals surface area contributed by atoms with E-state index in [0.29, 0.717) is 11.3 Å². The maximum absolute atomic E-state index is 11.9. The van der Waals surface area contributed by atoms with Crippen LogP contribution in [0.25, 0.3) is 11.0 Å². The molecule has 0 radical (unpaired) electrons. The molecule has 0 fully saturated rings. The van der Waals surface area contributed by atoms with Crippen molar-refractivity contribution < 1.29 is 18.8 Å². The summed E-state index contributed by atoms with van der Waals surface area (Å²) in [4.78, 5) is 23.9. The minimum Gasteiger partial charge on any atom is -0.455 e. The molecule has 1 N–H and O–H groups in total. The number of carbonyl (C=O) groups is 2. The minimum atomic E-state index is -0.526. The fraction of sp³-hybridized carbons (Fsp3) is 0.211. The molecule has 25 heavy (non-hydrogen) atoms. The van der Waals surface area contributed by atoms with E-state index in [2.05, 4.69) is 10.5 Å². The van der Waals surface area contributed by atoms with Crippen molar-refractivity contribution in [2.75, 3.05) is 6.61 Å². The Morgan fingerprint density at radius 1 is 1.12 bits per heavy atom. The number of hydrogen-bond donors (Lipinski definition) is 1. The van der Waals surface area contributed by atoms with E-state index in [4.69, 9.17) is 9.26 Å². The van der Waals surface area contributed by atoms with Gasteiger partial charge in [-0.15, -0.1) is 0 Å². The van der Waals surface area contributed by atoms with Gasteiger partial charge in [0.05, 0.1) is 12.5 Å². The topological polar surface area (TPSA) is 81.4 Å². The number of amides is 1. The van der Waals surface area contributed by atoms with E-state index >= 15 is 0 Å². The molecule has 1 amide bonds. The summed E-state index contributed by atoms with van der Waals surface area (Å²) in [6.45, 7) is 1.54. The molecule has 128 valence electrons. The standard InChI is InChI=1S/C19H18N2O4/c1-13(14-7-3-2-4-8-14)20-18(22)12-24-19(23)11-16-15-9-5-6-10-17(15)25-21-16/h2-10,13H,11-12H2,1H3,(H,20,22)/t13-/m1/s1. The third-order valence-electron chi connectivity index (χ3n) is 3.81. The van der Waals surface area contributed by atoms with Gasteiger partial charge in [-0.2, -0.15) is 0 Å². The second-order valence-corrected chi connectivity index (χ2v) is 5.66. The first-order valence-corrected chi connectivity index (χ1v) is 7.96. The number of nitrogens with one attached hydrogen (secondary N) is 1. The molecular weight excluding hydrogens is 320 g/mol. The van der Waals surface area contributed by atoms with Gasteiger partial charge in [0.15, 0.2) is 12.2 Å². The number of nitrogens with zero attached hydrogens (tertiary/aromatic N) is 1. The van der Waals surface area contributed by atoms with Crippen LogP contribution >= 0.6 is 0 Å². The van der Waals surface area contributed by atoms with Crippen LogP contribution in [-0.4, -0.2) is 23.6 Å². The van der Waals surface area contributed by atoms with E-state index in [9.17, 15) is 9.59 Å². The Morgan fingerprint density at radius 3 is 2.64 bits per heavy atom. The number of aromatic nitrogens is 1. The number of para-hydroxylation sites is 1. The lowest BCUT2D eigenvalue weighted by molar-refractivity contribution is -0.148. The zero-order chi connectivity index (χ0) is 17.6. The Balaban J connectivity index is 1.49. The summed E-state index contributed by atoms with van der Waals surface area (Å²) in [5, 5.41) is 7.43. The van der Waals surface area contributed by atoms with Crippen molar-refractivity contribution in [2.45, 2.75) is 19.4 Å². The molecular formula is C19H18N2O4. The molecule has 0 saturated heterocycles. The predicted molar refractivity (Wildman–Crippen MR) is 91.7 cm³/mol. The van der Waals surface area contributed by atoms with Gasteiger partial charge in [0.2, 0.25) is 0 Å². The highest BCUT2D eigenvalue weighted by molar-refractivity contribution is 5.85. The van der Waals surface area contributed by atoms with E-state index in [1.165, 1.54) is 0 Å². The van der Waals surface area contributed by atoms with Gasteiger partial charge in [0.1, 0.15) is 5.69 Å². The van der Waals surface area contributed by atoms with Crippen molar-refractivity contribution in [3.63, 3.8) is 0 Å². The molecule has 6 nitrogen and oxygen atoms in total. The van der Waals surface area contributed by atoms with E-state index in [1.807, 2.05) is 55.5 Å². The number of carbonyl (C=O) groups excluding carboxylic acids is 2. The predicted octanol–water partition coefficient (Wildman–Crippen LogP) is 2.79. The smallest absolute Gasteiger partial charge is 0.312 e. The molecule has 3 rings (SSSR count). The minimum absolute atomic E-state index is 0.0431. The lowest BCUT2D eigenvalue weighted by Gasteiger charge is -2.14. The molecule has 2 aromatic carbocycles. The van der Waals surface area contributed by atoms with E-state index in [-0.39, 0.29) is 25.0 Å². The molecule has 1 heterocycles. The average molecular weight is 338 g/mol. The van der Waals surface area contributed by atoms with E-state index in [0.717, 1.165) is 10.9 Å². The first kappa shape index (κ1) is 16.7. The van der Waals surface area contributed by atoms with Gasteiger partial charge in [-0.25, -0.2) is 0 Å². The molecule has 0 aliphatic rings. The fourth-order valence-corrected chi connectivity index (χ4v) is 2.51. The molecule has 0 aliphatic carbocycles. The van der Waals surface area contributed by atoms with E-state index < -0.39 is 5.97 Å². The van der Waals surface area contributed by atoms with Gasteiger partial charge in [0.25, 0.3) is 5.91 Å². The number of ether oxygens (including phenoxy) is 1. The Labute approximate surface area is 144 Å². The van der Waals surface area contributed by atoms with Crippen molar-refractivity contribution in [3.8, 4) is 0 Å². The SMILES string of the molecule is C[C@@H](NC(=O)COC(=O)Cc1noc2ccccc12)c1ccccc1. The largest absolute Gasteiger partial charge is 0.455 e. The number of esters is 1. The number of benzene rings is 2. The summed E-state index contributed by atoms with van der Waals surface area (Å²) in [6.07, 6.45) is -0.0431. The summed E-state index contributed by atoms with van der Waals surface area (Å²) in [7, 11) is 0. The average Bonchev–Trinajstić information content (AvgIpc) is 3.04. The summed E-state index contributed by atoms with van der Waals surface area (Å²) in [5.41, 5.74) is 2.09. The van der Waals surface area contributed by atoms with Crippen LogP contribution in [0.2, 0.25) is 0 Å². The Bertz CT molecular complexity index is 873. The number of rotatable bonds is 6. The fourth-order valence-electron chi connectivity index (χ4n) is 2.51. The maximum atomic E-state index is 11.9. The van der Waals surface area contributed by atoms with Crippen LogP contribution in [0.4, 0.5) is 0 Å². The highest BCUT2D eigenvalue weighted by Gasteiger charge is 2.15. The molecule has 1 aromatic heterocycles. The van der Waals surface area contributed by atoms with Crippen molar-refractivity contribution in [1.29, 1.82) is 0 Å². The van der Waals surface area contributed by atoms with Crippen LogP contribution in [0.15, 0.2) is 59.1 Å². The van der Waals surface area contributed by atoms with Crippen LogP contribution < -0.4 is 5.32 Å². The highest BCUT2D eigenvalue weighted by atomic mass is 16.5. The Hall–Kier alpha value is -3.15. The third-order valence-corrected chi connectivity index (χ3v) is 3.81. The quantitative estimate of drug-likeness (QED) is 0.699. The summed E-state index contributed by atoms with van der Waals surface area (Å²) in [6, 6.07) is 16.7. The van der Waals surface area contributed by atoms with Crippen molar-refractivity contribution >= 4 is 22.8 Å². The van der Waals surface area contributed by atoms with Gasteiger partial charge in [-0.1, -0.05) is 47.6 Å². The first-order valence-electron chi connectivity index (χ1n) is 7.96. The van der Waals surface area contributed by atoms with Crippen LogP contribution in [0.3, 0.4) is 0 Å². The normalized spacial score (nSPS) is 11.9. The second-order valence-electron chi connectivity index (χ2n) is 5.66. The zero-order valence-electron chi connectivity index (χ0n) is 13.8. The van der Waals surface area contributed by atoms with Crippen LogP contribution in [0.1, 0.15) is 24.2 Å². The molecule has 0 saturated carbocycles. The van der Waals surface area contributed by atoms with Gasteiger partial charge in [-0.3, -0.25) is 9.59 Å². The van der Waals surface area contributed by atoms with Crippen LogP contribution in [-0.2, 0) is 20.7 Å². The molecule has 1 atom stereocenters. The number of fused-ring (bicyclic) bond motifs is 1. The van der Waals surface area contributed by atoms with Crippen LogP contribution in [0.5, 0.6) is 0 Å². The van der Waals surface area contributed by atoms with Gasteiger partial charge in [-0.05, 0) is 24.6 Å². The molecule has 0 unspecified atom stereocenters. The third kappa shape index (κ3) is 4.23. The van der Waals surface area contributed by atoms with Gasteiger partial charge >= 0.3 is 5.97 Å².